The van der Waals surface area contributed by atoms with E-state index in [4.69, 9.17) is 0 Å². The summed E-state index contributed by atoms with van der Waals surface area (Å²) in [6, 6.07) is 3.59. The van der Waals surface area contributed by atoms with Gasteiger partial charge >= 0.3 is 5.69 Å². The zero-order valence-electron chi connectivity index (χ0n) is 11.0. The molecule has 0 amide bonds. The Morgan fingerprint density at radius 3 is 2.79 bits per heavy atom. The lowest BCUT2D eigenvalue weighted by Gasteiger charge is -2.11. The Morgan fingerprint density at radius 1 is 1.42 bits per heavy atom. The molecule has 102 valence electrons. The quantitative estimate of drug-likeness (QED) is 0.891. The van der Waals surface area contributed by atoms with Crippen LogP contribution in [0.5, 0.6) is 0 Å². The van der Waals surface area contributed by atoms with Crippen molar-refractivity contribution in [2.24, 2.45) is 0 Å². The fraction of sp³-hybridized carbons (Fsp3) is 0.417. The average molecular weight is 280 g/mol. The Bertz CT molecular complexity index is 618. The molecule has 6 nitrogen and oxygen atoms in total. The van der Waals surface area contributed by atoms with Gasteiger partial charge in [-0.25, -0.2) is 14.9 Å². The van der Waals surface area contributed by atoms with E-state index in [2.05, 4.69) is 15.2 Å². The summed E-state index contributed by atoms with van der Waals surface area (Å²) in [6.45, 7) is 5.51. The number of nitrogens with one attached hydrogen (secondary N) is 1. The second kappa shape index (κ2) is 5.58. The first-order chi connectivity index (χ1) is 9.00. The maximum absolute atomic E-state index is 11.7. The molecule has 2 aromatic rings. The van der Waals surface area contributed by atoms with E-state index >= 15 is 0 Å². The number of aromatic nitrogens is 4. The van der Waals surface area contributed by atoms with Gasteiger partial charge in [-0.3, -0.25) is 4.57 Å². The molecule has 0 aliphatic rings. The van der Waals surface area contributed by atoms with Gasteiger partial charge in [0, 0.05) is 17.8 Å². The van der Waals surface area contributed by atoms with Crippen LogP contribution in [-0.4, -0.2) is 24.9 Å². The zero-order valence-corrected chi connectivity index (χ0v) is 11.8. The molecule has 0 aromatic carbocycles. The average Bonchev–Trinajstić information content (AvgIpc) is 2.71. The van der Waals surface area contributed by atoms with Crippen LogP contribution < -0.4 is 5.69 Å². The van der Waals surface area contributed by atoms with Crippen LogP contribution in [0.25, 0.3) is 0 Å². The molecule has 2 N–H and O–H groups in total. The van der Waals surface area contributed by atoms with Crippen LogP contribution in [0.15, 0.2) is 33.3 Å². The topological polar surface area (TPSA) is 83.8 Å². The molecule has 0 spiro atoms. The van der Waals surface area contributed by atoms with Gasteiger partial charge in [0.25, 0.3) is 0 Å². The number of aromatic amines is 1. The zero-order chi connectivity index (χ0) is 14.0. The Hall–Kier alpha value is -1.60. The van der Waals surface area contributed by atoms with E-state index in [1.54, 1.807) is 23.8 Å². The smallest absolute Gasteiger partial charge is 0.344 e. The summed E-state index contributed by atoms with van der Waals surface area (Å²) in [5, 5.41) is 17.3. The molecule has 0 aliphatic carbocycles. The fourth-order valence-electron chi connectivity index (χ4n) is 1.71. The van der Waals surface area contributed by atoms with Crippen molar-refractivity contribution in [3.8, 4) is 0 Å². The van der Waals surface area contributed by atoms with Crippen molar-refractivity contribution in [2.45, 2.75) is 43.1 Å². The van der Waals surface area contributed by atoms with Gasteiger partial charge in [-0.2, -0.15) is 0 Å². The first-order valence-corrected chi connectivity index (χ1v) is 6.80. The van der Waals surface area contributed by atoms with E-state index < -0.39 is 6.10 Å². The Kier molecular flexibility index (Phi) is 4.06. The summed E-state index contributed by atoms with van der Waals surface area (Å²) in [7, 11) is 0. The van der Waals surface area contributed by atoms with Gasteiger partial charge in [0.1, 0.15) is 5.03 Å². The summed E-state index contributed by atoms with van der Waals surface area (Å²) < 4.78 is 1.56. The lowest BCUT2D eigenvalue weighted by molar-refractivity contribution is 0.195. The lowest BCUT2D eigenvalue weighted by atomic mass is 10.2. The predicted octanol–water partition coefficient (Wildman–Crippen LogP) is 1.75. The number of nitrogens with zero attached hydrogens (tertiary/aromatic N) is 3. The van der Waals surface area contributed by atoms with Crippen LogP contribution in [0.2, 0.25) is 0 Å². The highest BCUT2D eigenvalue weighted by Crippen LogP contribution is 2.30. The summed E-state index contributed by atoms with van der Waals surface area (Å²) in [5.74, 6) is 0. The van der Waals surface area contributed by atoms with Crippen LogP contribution >= 0.6 is 11.8 Å². The first-order valence-electron chi connectivity index (χ1n) is 5.98. The molecule has 2 rings (SSSR count). The van der Waals surface area contributed by atoms with Gasteiger partial charge in [-0.15, -0.1) is 5.10 Å². The van der Waals surface area contributed by atoms with Crippen molar-refractivity contribution in [1.29, 1.82) is 0 Å². The minimum atomic E-state index is -0.616. The highest BCUT2D eigenvalue weighted by Gasteiger charge is 2.16. The molecule has 0 radical (unpaired) electrons. The van der Waals surface area contributed by atoms with Crippen molar-refractivity contribution < 1.29 is 5.11 Å². The molecule has 2 aromatic heterocycles. The molecule has 0 saturated heterocycles. The highest BCUT2D eigenvalue weighted by atomic mass is 32.2. The molecule has 1 atom stereocenters. The van der Waals surface area contributed by atoms with E-state index in [1.165, 1.54) is 11.8 Å². The van der Waals surface area contributed by atoms with Crippen molar-refractivity contribution in [3.63, 3.8) is 0 Å². The molecule has 0 unspecified atom stereocenters. The summed E-state index contributed by atoms with van der Waals surface area (Å²) in [6.07, 6.45) is 1.04. The third-order valence-corrected chi connectivity index (χ3v) is 3.63. The normalized spacial score (nSPS) is 12.9. The van der Waals surface area contributed by atoms with Crippen LogP contribution in [0.1, 0.15) is 38.5 Å². The molecule has 0 fully saturated rings. The van der Waals surface area contributed by atoms with Gasteiger partial charge in [0.05, 0.1) is 6.10 Å². The van der Waals surface area contributed by atoms with Crippen molar-refractivity contribution in [1.82, 2.24) is 19.7 Å². The van der Waals surface area contributed by atoms with Crippen LogP contribution in [0.4, 0.5) is 0 Å². The molecule has 19 heavy (non-hydrogen) atoms. The lowest BCUT2D eigenvalue weighted by Crippen LogP contribution is -2.19. The highest BCUT2D eigenvalue weighted by molar-refractivity contribution is 7.99. The predicted molar refractivity (Wildman–Crippen MR) is 72.2 cm³/mol. The van der Waals surface area contributed by atoms with E-state index in [0.717, 1.165) is 5.56 Å². The van der Waals surface area contributed by atoms with Gasteiger partial charge in [0.15, 0.2) is 5.16 Å². The standard InChI is InChI=1S/C12H16N4O2S/c1-7(2)16-11(18)14-15-12(16)19-10-9(8(3)17)5-4-6-13-10/h4-8,17H,1-3H3,(H,14,18)/t8-/m1/s1. The largest absolute Gasteiger partial charge is 0.389 e. The number of hydrogen-bond donors (Lipinski definition) is 2. The molecular formula is C12H16N4O2S. The second-order valence-electron chi connectivity index (χ2n) is 4.45. The van der Waals surface area contributed by atoms with E-state index in [9.17, 15) is 9.90 Å². The Balaban J connectivity index is 2.40. The number of hydrogen-bond acceptors (Lipinski definition) is 5. The third kappa shape index (κ3) is 2.87. The molecule has 2 heterocycles. The van der Waals surface area contributed by atoms with Crippen LogP contribution in [0.3, 0.4) is 0 Å². The summed E-state index contributed by atoms with van der Waals surface area (Å²) >= 11 is 1.27. The Labute approximate surface area is 114 Å². The van der Waals surface area contributed by atoms with Gasteiger partial charge < -0.3 is 5.11 Å². The maximum atomic E-state index is 11.7. The number of H-pyrrole nitrogens is 1. The number of aliphatic hydroxyl groups is 1. The van der Waals surface area contributed by atoms with Gasteiger partial charge in [0.2, 0.25) is 0 Å². The molecule has 7 heteroatoms. The van der Waals surface area contributed by atoms with Crippen molar-refractivity contribution in [3.05, 3.63) is 34.4 Å². The molecule has 0 bridgehead atoms. The SMILES string of the molecule is CC(C)n1c(Sc2ncccc2[C@@H](C)O)n[nH]c1=O. The monoisotopic (exact) mass is 280 g/mol. The van der Waals surface area contributed by atoms with Gasteiger partial charge in [-0.05, 0) is 38.6 Å². The summed E-state index contributed by atoms with van der Waals surface area (Å²) in [5.41, 5.74) is 0.477. The van der Waals surface area contributed by atoms with E-state index in [0.29, 0.717) is 10.2 Å². The minimum Gasteiger partial charge on any atom is -0.389 e. The third-order valence-electron chi connectivity index (χ3n) is 2.63. The van der Waals surface area contributed by atoms with Crippen LogP contribution in [-0.2, 0) is 0 Å². The van der Waals surface area contributed by atoms with E-state index in [1.807, 2.05) is 19.9 Å². The second-order valence-corrected chi connectivity index (χ2v) is 5.41. The Morgan fingerprint density at radius 2 is 2.16 bits per heavy atom. The van der Waals surface area contributed by atoms with Crippen molar-refractivity contribution >= 4 is 11.8 Å². The number of aliphatic hydroxyl groups excluding tert-OH is 1. The number of pyridine rings is 1. The van der Waals surface area contributed by atoms with Gasteiger partial charge in [-0.1, -0.05) is 6.07 Å². The summed E-state index contributed by atoms with van der Waals surface area (Å²) in [4.78, 5) is 15.9. The molecular weight excluding hydrogens is 264 g/mol. The van der Waals surface area contributed by atoms with Crippen LogP contribution in [0, 0.1) is 0 Å². The minimum absolute atomic E-state index is 0.00691. The van der Waals surface area contributed by atoms with Crippen molar-refractivity contribution in [2.75, 3.05) is 0 Å². The molecule has 0 aliphatic heterocycles. The van der Waals surface area contributed by atoms with E-state index in [-0.39, 0.29) is 11.7 Å². The maximum Gasteiger partial charge on any atom is 0.344 e. The number of rotatable bonds is 4. The first kappa shape index (κ1) is 13.8. The molecule has 0 saturated carbocycles. The fourth-order valence-corrected chi connectivity index (χ4v) is 2.84.